The van der Waals surface area contributed by atoms with Crippen LogP contribution in [0.15, 0.2) is 29.3 Å². The highest BCUT2D eigenvalue weighted by Gasteiger charge is 2.34. The molecule has 0 unspecified atom stereocenters. The average molecular weight is 477 g/mol. The molecule has 0 spiro atoms. The quantitative estimate of drug-likeness (QED) is 0.261. The first-order valence-corrected chi connectivity index (χ1v) is 8.98. The molecule has 0 radical (unpaired) electrons. The third-order valence-electron chi connectivity index (χ3n) is 4.64. The van der Waals surface area contributed by atoms with E-state index in [-0.39, 0.29) is 29.4 Å². The number of benzene rings is 1. The fourth-order valence-corrected chi connectivity index (χ4v) is 3.15. The Hall–Kier alpha value is -1.06. The summed E-state index contributed by atoms with van der Waals surface area (Å²) in [4.78, 5) is 4.30. The molecular weight excluding hydrogens is 445 g/mol. The minimum absolute atomic E-state index is 0. The van der Waals surface area contributed by atoms with E-state index >= 15 is 0 Å². The van der Waals surface area contributed by atoms with Gasteiger partial charge in [-0.1, -0.05) is 12.1 Å². The van der Waals surface area contributed by atoms with Gasteiger partial charge in [0.15, 0.2) is 5.96 Å². The van der Waals surface area contributed by atoms with Gasteiger partial charge < -0.3 is 24.8 Å². The lowest BCUT2D eigenvalue weighted by Gasteiger charge is -2.38. The van der Waals surface area contributed by atoms with Gasteiger partial charge in [0.25, 0.3) is 0 Å². The molecule has 1 aromatic carbocycles. The predicted octanol–water partition coefficient (Wildman–Crippen LogP) is 2.56. The Bertz CT molecular complexity index is 531. The summed E-state index contributed by atoms with van der Waals surface area (Å²) in [5.74, 6) is 1.72. The van der Waals surface area contributed by atoms with Crippen LogP contribution in [-0.4, -0.2) is 59.6 Å². The smallest absolute Gasteiger partial charge is 0.191 e. The van der Waals surface area contributed by atoms with Crippen molar-refractivity contribution in [3.05, 3.63) is 29.8 Å². The van der Waals surface area contributed by atoms with Gasteiger partial charge in [0, 0.05) is 45.9 Å². The number of methoxy groups -OCH3 is 1. The molecule has 0 saturated carbocycles. The van der Waals surface area contributed by atoms with Crippen molar-refractivity contribution < 1.29 is 14.2 Å². The van der Waals surface area contributed by atoms with Crippen LogP contribution in [-0.2, 0) is 14.9 Å². The van der Waals surface area contributed by atoms with Crippen LogP contribution in [0.25, 0.3) is 0 Å². The summed E-state index contributed by atoms with van der Waals surface area (Å²) in [6, 6.07) is 8.47. The number of nitrogens with zero attached hydrogens (tertiary/aromatic N) is 1. The number of halogens is 1. The summed E-state index contributed by atoms with van der Waals surface area (Å²) in [6.07, 6.45) is 1.98. The van der Waals surface area contributed by atoms with Gasteiger partial charge in [0.05, 0.1) is 13.2 Å². The number of nitrogens with one attached hydrogen (secondary N) is 2. The zero-order chi connectivity index (χ0) is 18.0. The molecular formula is C19H32IN3O3. The van der Waals surface area contributed by atoms with E-state index in [4.69, 9.17) is 14.2 Å². The van der Waals surface area contributed by atoms with E-state index in [0.29, 0.717) is 13.2 Å². The lowest BCUT2D eigenvalue weighted by Crippen LogP contribution is -2.48. The fourth-order valence-electron chi connectivity index (χ4n) is 3.15. The van der Waals surface area contributed by atoms with Crippen LogP contribution in [0.2, 0.25) is 0 Å². The van der Waals surface area contributed by atoms with Gasteiger partial charge in [-0.3, -0.25) is 4.99 Å². The van der Waals surface area contributed by atoms with E-state index < -0.39 is 0 Å². The molecule has 2 rings (SSSR count). The van der Waals surface area contributed by atoms with Crippen LogP contribution in [0.1, 0.15) is 25.3 Å². The number of guanidine groups is 1. The highest BCUT2D eigenvalue weighted by Crippen LogP contribution is 2.35. The van der Waals surface area contributed by atoms with Gasteiger partial charge >= 0.3 is 0 Å². The average Bonchev–Trinajstić information content (AvgIpc) is 2.66. The van der Waals surface area contributed by atoms with Crippen LogP contribution in [0, 0.1) is 0 Å². The van der Waals surface area contributed by atoms with Crippen molar-refractivity contribution in [2.75, 3.05) is 53.7 Å². The first-order chi connectivity index (χ1) is 12.2. The summed E-state index contributed by atoms with van der Waals surface area (Å²) < 4.78 is 16.3. The van der Waals surface area contributed by atoms with Crippen molar-refractivity contribution in [3.8, 4) is 5.75 Å². The Morgan fingerprint density at radius 3 is 2.46 bits per heavy atom. The summed E-state index contributed by atoms with van der Waals surface area (Å²) >= 11 is 0. The Morgan fingerprint density at radius 2 is 1.88 bits per heavy atom. The molecule has 2 N–H and O–H groups in total. The van der Waals surface area contributed by atoms with Gasteiger partial charge in [-0.2, -0.15) is 0 Å². The van der Waals surface area contributed by atoms with Gasteiger partial charge in [-0.25, -0.2) is 0 Å². The summed E-state index contributed by atoms with van der Waals surface area (Å²) in [5, 5.41) is 6.74. The van der Waals surface area contributed by atoms with Crippen molar-refractivity contribution in [2.24, 2.45) is 4.99 Å². The number of ether oxygens (including phenoxy) is 3. The fraction of sp³-hybridized carbons (Fsp3) is 0.632. The normalized spacial score (nSPS) is 16.5. The highest BCUT2D eigenvalue weighted by atomic mass is 127. The van der Waals surface area contributed by atoms with Crippen molar-refractivity contribution in [1.29, 1.82) is 0 Å². The van der Waals surface area contributed by atoms with E-state index in [0.717, 1.165) is 50.9 Å². The van der Waals surface area contributed by atoms with Crippen molar-refractivity contribution in [3.63, 3.8) is 0 Å². The maximum atomic E-state index is 5.61. The summed E-state index contributed by atoms with van der Waals surface area (Å²) in [5.41, 5.74) is 1.36. The molecule has 1 saturated heterocycles. The summed E-state index contributed by atoms with van der Waals surface area (Å²) in [6.45, 7) is 6.45. The molecule has 0 aromatic heterocycles. The standard InChI is InChI=1S/C19H31N3O3.HI/c1-4-25-17-7-5-16(6-8-17)19(9-12-24-13-10-19)15-22-18(20-2)21-11-14-23-3;/h5-8H,4,9-15H2,1-3H3,(H2,20,21,22);1H. The molecule has 1 aliphatic rings. The van der Waals surface area contributed by atoms with E-state index in [1.165, 1.54) is 5.56 Å². The molecule has 0 bridgehead atoms. The van der Waals surface area contributed by atoms with E-state index in [1.807, 2.05) is 6.92 Å². The Kier molecular flexibility index (Phi) is 10.9. The molecule has 148 valence electrons. The Balaban J connectivity index is 0.00000338. The van der Waals surface area contributed by atoms with Crippen molar-refractivity contribution in [1.82, 2.24) is 10.6 Å². The summed E-state index contributed by atoms with van der Waals surface area (Å²) in [7, 11) is 3.48. The lowest BCUT2D eigenvalue weighted by atomic mass is 9.74. The second-order valence-electron chi connectivity index (χ2n) is 6.20. The maximum absolute atomic E-state index is 5.61. The van der Waals surface area contributed by atoms with Gasteiger partial charge in [-0.05, 0) is 37.5 Å². The van der Waals surface area contributed by atoms with Gasteiger partial charge in [0.1, 0.15) is 5.75 Å². The number of hydrogen-bond acceptors (Lipinski definition) is 4. The van der Waals surface area contributed by atoms with Crippen LogP contribution >= 0.6 is 24.0 Å². The molecule has 1 aromatic rings. The van der Waals surface area contributed by atoms with Crippen LogP contribution in [0.3, 0.4) is 0 Å². The first-order valence-electron chi connectivity index (χ1n) is 8.98. The van der Waals surface area contributed by atoms with Gasteiger partial charge in [-0.15, -0.1) is 24.0 Å². The van der Waals surface area contributed by atoms with Crippen molar-refractivity contribution >= 4 is 29.9 Å². The largest absolute Gasteiger partial charge is 0.494 e. The SMILES string of the molecule is CCOc1ccc(C2(CNC(=NC)NCCOC)CCOCC2)cc1.I. The molecule has 7 heteroatoms. The maximum Gasteiger partial charge on any atom is 0.191 e. The van der Waals surface area contributed by atoms with E-state index in [2.05, 4.69) is 39.9 Å². The molecule has 6 nitrogen and oxygen atoms in total. The molecule has 0 amide bonds. The third kappa shape index (κ3) is 6.59. The van der Waals surface area contributed by atoms with Gasteiger partial charge in [0.2, 0.25) is 0 Å². The Morgan fingerprint density at radius 1 is 1.19 bits per heavy atom. The number of hydrogen-bond donors (Lipinski definition) is 2. The third-order valence-corrected chi connectivity index (χ3v) is 4.64. The zero-order valence-electron chi connectivity index (χ0n) is 16.0. The minimum atomic E-state index is 0. The number of rotatable bonds is 8. The molecule has 0 atom stereocenters. The second-order valence-corrected chi connectivity index (χ2v) is 6.20. The Labute approximate surface area is 174 Å². The first kappa shape index (κ1) is 23.0. The lowest BCUT2D eigenvalue weighted by molar-refractivity contribution is 0.0513. The molecule has 0 aliphatic carbocycles. The van der Waals surface area contributed by atoms with E-state index in [1.54, 1.807) is 14.2 Å². The predicted molar refractivity (Wildman–Crippen MR) is 116 cm³/mol. The van der Waals surface area contributed by atoms with Crippen LogP contribution in [0.4, 0.5) is 0 Å². The molecule has 1 fully saturated rings. The monoisotopic (exact) mass is 477 g/mol. The van der Waals surface area contributed by atoms with Crippen molar-refractivity contribution in [2.45, 2.75) is 25.2 Å². The minimum Gasteiger partial charge on any atom is -0.494 e. The second kappa shape index (κ2) is 12.3. The number of aliphatic imine (C=N–C) groups is 1. The topological polar surface area (TPSA) is 64.1 Å². The van der Waals surface area contributed by atoms with Crippen LogP contribution in [0.5, 0.6) is 5.75 Å². The molecule has 26 heavy (non-hydrogen) atoms. The highest BCUT2D eigenvalue weighted by molar-refractivity contribution is 14.0. The zero-order valence-corrected chi connectivity index (χ0v) is 18.4. The van der Waals surface area contributed by atoms with Crippen LogP contribution < -0.4 is 15.4 Å². The molecule has 1 aliphatic heterocycles. The van der Waals surface area contributed by atoms with E-state index in [9.17, 15) is 0 Å². The molecule has 1 heterocycles.